The third kappa shape index (κ3) is 1.49. The summed E-state index contributed by atoms with van der Waals surface area (Å²) in [6, 6.07) is 5.27. The van der Waals surface area contributed by atoms with Gasteiger partial charge in [0.2, 0.25) is 0 Å². The predicted octanol–water partition coefficient (Wildman–Crippen LogP) is 3.91. The van der Waals surface area contributed by atoms with Gasteiger partial charge in [-0.2, -0.15) is 5.26 Å². The van der Waals surface area contributed by atoms with Crippen LogP contribution in [0.3, 0.4) is 0 Å². The molecule has 0 saturated heterocycles. The fourth-order valence-electron chi connectivity index (χ4n) is 1.46. The molecule has 0 heterocycles. The molecule has 0 unspecified atom stereocenters. The van der Waals surface area contributed by atoms with Gasteiger partial charge >= 0.3 is 0 Å². The van der Waals surface area contributed by atoms with Gasteiger partial charge in [0.25, 0.3) is 0 Å². The van der Waals surface area contributed by atoms with Gasteiger partial charge in [-0.25, -0.2) is 4.39 Å². The standard InChI is InChI=1S/C10H6Br2FN/c11-7-3-6(9(13)4-8(7)12)10(5-14)1-2-10/h3-4H,1-2H2. The fraction of sp³-hybridized carbons (Fsp3) is 0.300. The second-order valence-electron chi connectivity index (χ2n) is 3.44. The summed E-state index contributed by atoms with van der Waals surface area (Å²) in [5.74, 6) is -0.306. The van der Waals surface area contributed by atoms with Crippen LogP contribution in [0.2, 0.25) is 0 Å². The molecule has 1 saturated carbocycles. The highest BCUT2D eigenvalue weighted by molar-refractivity contribution is 9.13. The smallest absolute Gasteiger partial charge is 0.129 e. The van der Waals surface area contributed by atoms with Gasteiger partial charge in [-0.15, -0.1) is 0 Å². The van der Waals surface area contributed by atoms with Crippen molar-refractivity contribution in [1.82, 2.24) is 0 Å². The van der Waals surface area contributed by atoms with Crippen LogP contribution in [0.5, 0.6) is 0 Å². The second-order valence-corrected chi connectivity index (χ2v) is 5.15. The first kappa shape index (κ1) is 10.1. The zero-order chi connectivity index (χ0) is 10.3. The summed E-state index contributed by atoms with van der Waals surface area (Å²) < 4.78 is 15.0. The quantitative estimate of drug-likeness (QED) is 0.720. The van der Waals surface area contributed by atoms with Gasteiger partial charge < -0.3 is 0 Å². The average molecular weight is 319 g/mol. The van der Waals surface area contributed by atoms with Crippen molar-refractivity contribution < 1.29 is 4.39 Å². The minimum atomic E-state index is -0.562. The Morgan fingerprint density at radius 2 is 1.86 bits per heavy atom. The van der Waals surface area contributed by atoms with Crippen molar-refractivity contribution in [1.29, 1.82) is 5.26 Å². The summed E-state index contributed by atoms with van der Waals surface area (Å²) in [5.41, 5.74) is -0.0529. The Bertz CT molecular complexity index is 432. The van der Waals surface area contributed by atoms with Gasteiger partial charge in [0.1, 0.15) is 5.82 Å². The Hall–Kier alpha value is -0.400. The van der Waals surface area contributed by atoms with Crippen molar-refractivity contribution in [2.24, 2.45) is 0 Å². The SMILES string of the molecule is N#CC1(c2cc(Br)c(Br)cc2F)CC1. The lowest BCUT2D eigenvalue weighted by Gasteiger charge is -2.09. The normalized spacial score (nSPS) is 17.6. The van der Waals surface area contributed by atoms with E-state index in [0.29, 0.717) is 10.0 Å². The molecular weight excluding hydrogens is 313 g/mol. The lowest BCUT2D eigenvalue weighted by molar-refractivity contribution is 0.598. The van der Waals surface area contributed by atoms with Crippen LogP contribution in [0, 0.1) is 17.1 Å². The number of nitrogens with zero attached hydrogens (tertiary/aromatic N) is 1. The first-order valence-electron chi connectivity index (χ1n) is 4.15. The molecule has 1 aromatic rings. The van der Waals surface area contributed by atoms with E-state index >= 15 is 0 Å². The van der Waals surface area contributed by atoms with E-state index in [-0.39, 0.29) is 5.82 Å². The summed E-state index contributed by atoms with van der Waals surface area (Å²) >= 11 is 6.53. The monoisotopic (exact) mass is 317 g/mol. The molecule has 4 heteroatoms. The van der Waals surface area contributed by atoms with Gasteiger partial charge in [0, 0.05) is 14.5 Å². The Balaban J connectivity index is 2.55. The lowest BCUT2D eigenvalue weighted by atomic mass is 9.97. The third-order valence-corrected chi connectivity index (χ3v) is 4.33. The molecule has 0 N–H and O–H groups in total. The molecule has 0 aromatic heterocycles. The number of hydrogen-bond donors (Lipinski definition) is 0. The van der Waals surface area contributed by atoms with Gasteiger partial charge in [-0.05, 0) is 56.8 Å². The number of hydrogen-bond acceptors (Lipinski definition) is 1. The Morgan fingerprint density at radius 1 is 1.29 bits per heavy atom. The van der Waals surface area contributed by atoms with Crippen LogP contribution in [0.1, 0.15) is 18.4 Å². The van der Waals surface area contributed by atoms with Crippen LogP contribution in [0.15, 0.2) is 21.1 Å². The largest absolute Gasteiger partial charge is 0.207 e. The Kier molecular flexibility index (Phi) is 2.40. The van der Waals surface area contributed by atoms with E-state index in [9.17, 15) is 4.39 Å². The molecule has 0 spiro atoms. The number of nitriles is 1. The van der Waals surface area contributed by atoms with Crippen molar-refractivity contribution in [2.45, 2.75) is 18.3 Å². The lowest BCUT2D eigenvalue weighted by Crippen LogP contribution is -2.05. The molecule has 1 aliphatic rings. The number of halogens is 3. The van der Waals surface area contributed by atoms with E-state index in [2.05, 4.69) is 37.9 Å². The molecule has 2 rings (SSSR count). The van der Waals surface area contributed by atoms with Crippen LogP contribution in [0.25, 0.3) is 0 Å². The van der Waals surface area contributed by atoms with Crippen molar-refractivity contribution in [2.75, 3.05) is 0 Å². The van der Waals surface area contributed by atoms with Crippen molar-refractivity contribution in [3.05, 3.63) is 32.5 Å². The maximum absolute atomic E-state index is 13.6. The number of rotatable bonds is 1. The maximum Gasteiger partial charge on any atom is 0.129 e. The Labute approximate surface area is 98.2 Å². The summed E-state index contributed by atoms with van der Waals surface area (Å²) in [7, 11) is 0. The molecule has 1 nitrogen and oxygen atoms in total. The molecule has 1 aromatic carbocycles. The molecule has 0 aliphatic heterocycles. The second kappa shape index (κ2) is 3.32. The fourth-order valence-corrected chi connectivity index (χ4v) is 2.11. The van der Waals surface area contributed by atoms with E-state index < -0.39 is 5.41 Å². The molecule has 72 valence electrons. The summed E-state index contributed by atoms with van der Waals surface area (Å²) in [4.78, 5) is 0. The van der Waals surface area contributed by atoms with Gasteiger partial charge in [0.05, 0.1) is 11.5 Å². The minimum absolute atomic E-state index is 0.306. The van der Waals surface area contributed by atoms with Gasteiger partial charge in [-0.3, -0.25) is 0 Å². The number of benzene rings is 1. The molecular formula is C10H6Br2FN. The highest BCUT2D eigenvalue weighted by Crippen LogP contribution is 2.49. The van der Waals surface area contributed by atoms with Crippen LogP contribution in [-0.2, 0) is 5.41 Å². The maximum atomic E-state index is 13.6. The van der Waals surface area contributed by atoms with Gasteiger partial charge in [-0.1, -0.05) is 0 Å². The third-order valence-electron chi connectivity index (χ3n) is 2.49. The molecule has 0 amide bonds. The topological polar surface area (TPSA) is 23.8 Å². The van der Waals surface area contributed by atoms with Crippen LogP contribution in [0.4, 0.5) is 4.39 Å². The van der Waals surface area contributed by atoms with Crippen molar-refractivity contribution in [3.8, 4) is 6.07 Å². The molecule has 14 heavy (non-hydrogen) atoms. The summed E-state index contributed by atoms with van der Waals surface area (Å²) in [6.07, 6.45) is 1.52. The highest BCUT2D eigenvalue weighted by atomic mass is 79.9. The zero-order valence-electron chi connectivity index (χ0n) is 7.15. The van der Waals surface area contributed by atoms with Crippen LogP contribution in [-0.4, -0.2) is 0 Å². The molecule has 1 aliphatic carbocycles. The van der Waals surface area contributed by atoms with Gasteiger partial charge in [0.15, 0.2) is 0 Å². The van der Waals surface area contributed by atoms with E-state index in [1.807, 2.05) is 0 Å². The van der Waals surface area contributed by atoms with Crippen molar-refractivity contribution in [3.63, 3.8) is 0 Å². The highest BCUT2D eigenvalue weighted by Gasteiger charge is 2.46. The summed E-state index contributed by atoms with van der Waals surface area (Å²) in [5, 5.41) is 8.95. The van der Waals surface area contributed by atoms with E-state index in [4.69, 9.17) is 5.26 Å². The molecule has 0 bridgehead atoms. The van der Waals surface area contributed by atoms with Crippen LogP contribution < -0.4 is 0 Å². The van der Waals surface area contributed by atoms with E-state index in [1.54, 1.807) is 6.07 Å². The minimum Gasteiger partial charge on any atom is -0.207 e. The summed E-state index contributed by atoms with van der Waals surface area (Å²) in [6.45, 7) is 0. The van der Waals surface area contributed by atoms with E-state index in [0.717, 1.165) is 17.3 Å². The van der Waals surface area contributed by atoms with Crippen molar-refractivity contribution >= 4 is 31.9 Å². The van der Waals surface area contributed by atoms with Crippen LogP contribution >= 0.6 is 31.9 Å². The molecule has 0 radical (unpaired) electrons. The zero-order valence-corrected chi connectivity index (χ0v) is 10.3. The first-order valence-corrected chi connectivity index (χ1v) is 5.74. The Morgan fingerprint density at radius 3 is 2.36 bits per heavy atom. The molecule has 0 atom stereocenters. The average Bonchev–Trinajstić information content (AvgIpc) is 2.92. The van der Waals surface area contributed by atoms with E-state index in [1.165, 1.54) is 6.07 Å². The first-order chi connectivity index (χ1) is 6.59. The predicted molar refractivity (Wildman–Crippen MR) is 58.3 cm³/mol. The molecule has 1 fully saturated rings.